The fourth-order valence-electron chi connectivity index (χ4n) is 3.36. The van der Waals surface area contributed by atoms with Crippen molar-refractivity contribution in [3.63, 3.8) is 0 Å². The first-order valence-electron chi connectivity index (χ1n) is 8.94. The maximum absolute atomic E-state index is 15.1. The van der Waals surface area contributed by atoms with E-state index in [2.05, 4.69) is 0 Å². The molecule has 0 fully saturated rings. The van der Waals surface area contributed by atoms with Crippen LogP contribution < -0.4 is 0 Å². The van der Waals surface area contributed by atoms with Crippen molar-refractivity contribution in [1.82, 2.24) is 0 Å². The summed E-state index contributed by atoms with van der Waals surface area (Å²) >= 11 is 5.69. The topological polar surface area (TPSA) is 0 Å². The number of hydrogen-bond acceptors (Lipinski definition) is 0. The van der Waals surface area contributed by atoms with E-state index in [0.29, 0.717) is 22.1 Å². The van der Waals surface area contributed by atoms with Crippen LogP contribution in [0.25, 0.3) is 33.0 Å². The van der Waals surface area contributed by atoms with Gasteiger partial charge in [-0.05, 0) is 46.7 Å². The van der Waals surface area contributed by atoms with Gasteiger partial charge in [0.15, 0.2) is 0 Å². The standard InChI is InChI=1S/C24H16ClF3/c1-2-14-3-7-19-15(11-14)5-9-20(24(19)28)17-4-8-18(22(26)12-17)16-6-10-21(25)23(27)13-16/h3-13H,2H2,1H3. The van der Waals surface area contributed by atoms with Crippen LogP contribution in [0.3, 0.4) is 0 Å². The van der Waals surface area contributed by atoms with Crippen molar-refractivity contribution in [3.05, 3.63) is 94.8 Å². The number of aryl methyl sites for hydroxylation is 1. The molecule has 0 aromatic heterocycles. The van der Waals surface area contributed by atoms with Crippen molar-refractivity contribution in [2.75, 3.05) is 0 Å². The number of hydrogen-bond donors (Lipinski definition) is 0. The van der Waals surface area contributed by atoms with Gasteiger partial charge < -0.3 is 0 Å². The molecule has 4 aromatic rings. The van der Waals surface area contributed by atoms with E-state index in [1.807, 2.05) is 25.1 Å². The lowest BCUT2D eigenvalue weighted by atomic mass is 9.96. The SMILES string of the molecule is CCc1ccc2c(F)c(-c3ccc(-c4ccc(Cl)c(F)c4)c(F)c3)ccc2c1. The Kier molecular flexibility index (Phi) is 4.86. The van der Waals surface area contributed by atoms with Crippen molar-refractivity contribution in [2.24, 2.45) is 0 Å². The first-order chi connectivity index (χ1) is 13.5. The van der Waals surface area contributed by atoms with Crippen LogP contribution in [-0.4, -0.2) is 0 Å². The molecule has 0 radical (unpaired) electrons. The summed E-state index contributed by atoms with van der Waals surface area (Å²) in [7, 11) is 0. The van der Waals surface area contributed by atoms with Crippen LogP contribution in [0.1, 0.15) is 12.5 Å². The van der Waals surface area contributed by atoms with Crippen molar-refractivity contribution in [3.8, 4) is 22.3 Å². The molecule has 0 amide bonds. The Bertz CT molecular complexity index is 1200. The van der Waals surface area contributed by atoms with Gasteiger partial charge in [-0.3, -0.25) is 0 Å². The number of rotatable bonds is 3. The van der Waals surface area contributed by atoms with E-state index in [4.69, 9.17) is 11.6 Å². The van der Waals surface area contributed by atoms with E-state index in [1.165, 1.54) is 24.3 Å². The molecule has 0 aliphatic carbocycles. The largest absolute Gasteiger partial charge is 0.206 e. The summed E-state index contributed by atoms with van der Waals surface area (Å²) in [4.78, 5) is 0. The Morgan fingerprint density at radius 2 is 1.39 bits per heavy atom. The molecule has 140 valence electrons. The molecule has 0 aliphatic rings. The van der Waals surface area contributed by atoms with E-state index >= 15 is 4.39 Å². The summed E-state index contributed by atoms with van der Waals surface area (Å²) in [5.41, 5.74) is 2.48. The summed E-state index contributed by atoms with van der Waals surface area (Å²) in [5.74, 6) is -1.56. The minimum atomic E-state index is -0.616. The fraction of sp³-hybridized carbons (Fsp3) is 0.0833. The van der Waals surface area contributed by atoms with Gasteiger partial charge in [0, 0.05) is 16.5 Å². The van der Waals surface area contributed by atoms with E-state index in [-0.39, 0.29) is 16.4 Å². The predicted molar refractivity (Wildman–Crippen MR) is 109 cm³/mol. The zero-order valence-corrected chi connectivity index (χ0v) is 15.8. The number of halogens is 4. The molecule has 0 unspecified atom stereocenters. The van der Waals surface area contributed by atoms with Gasteiger partial charge in [-0.2, -0.15) is 0 Å². The minimum absolute atomic E-state index is 0.0229. The molecule has 4 aromatic carbocycles. The number of fused-ring (bicyclic) bond motifs is 1. The van der Waals surface area contributed by atoms with Crippen LogP contribution in [0.2, 0.25) is 5.02 Å². The quantitative estimate of drug-likeness (QED) is 0.331. The second-order valence-corrected chi connectivity index (χ2v) is 7.07. The van der Waals surface area contributed by atoms with Crippen molar-refractivity contribution >= 4 is 22.4 Å². The number of benzene rings is 4. The third-order valence-electron chi connectivity index (χ3n) is 4.94. The lowest BCUT2D eigenvalue weighted by Crippen LogP contribution is -1.91. The van der Waals surface area contributed by atoms with Crippen LogP contribution in [0.5, 0.6) is 0 Å². The molecule has 4 heteroatoms. The van der Waals surface area contributed by atoms with Crippen LogP contribution in [-0.2, 0) is 6.42 Å². The third kappa shape index (κ3) is 3.27. The molecule has 0 atom stereocenters. The molecule has 0 nitrogen and oxygen atoms in total. The first kappa shape index (κ1) is 18.6. The fourth-order valence-corrected chi connectivity index (χ4v) is 3.48. The highest BCUT2D eigenvalue weighted by molar-refractivity contribution is 6.30. The third-order valence-corrected chi connectivity index (χ3v) is 5.24. The molecular formula is C24H16ClF3. The Morgan fingerprint density at radius 1 is 0.714 bits per heavy atom. The Balaban J connectivity index is 1.78. The monoisotopic (exact) mass is 396 g/mol. The van der Waals surface area contributed by atoms with Gasteiger partial charge >= 0.3 is 0 Å². The van der Waals surface area contributed by atoms with Gasteiger partial charge in [-0.25, -0.2) is 13.2 Å². The van der Waals surface area contributed by atoms with E-state index in [1.54, 1.807) is 24.3 Å². The highest BCUT2D eigenvalue weighted by Gasteiger charge is 2.13. The molecule has 0 heterocycles. The van der Waals surface area contributed by atoms with Crippen LogP contribution >= 0.6 is 11.6 Å². The summed E-state index contributed by atoms with van der Waals surface area (Å²) in [6.07, 6.45) is 0.872. The van der Waals surface area contributed by atoms with E-state index in [0.717, 1.165) is 17.4 Å². The van der Waals surface area contributed by atoms with E-state index < -0.39 is 11.6 Å². The second-order valence-electron chi connectivity index (χ2n) is 6.66. The lowest BCUT2D eigenvalue weighted by Gasteiger charge is -2.10. The van der Waals surface area contributed by atoms with Crippen molar-refractivity contribution < 1.29 is 13.2 Å². The van der Waals surface area contributed by atoms with Crippen molar-refractivity contribution in [1.29, 1.82) is 0 Å². The van der Waals surface area contributed by atoms with Gasteiger partial charge in [-0.1, -0.05) is 67.1 Å². The van der Waals surface area contributed by atoms with Gasteiger partial charge in [0.25, 0.3) is 0 Å². The lowest BCUT2D eigenvalue weighted by molar-refractivity contribution is 0.625. The van der Waals surface area contributed by atoms with Crippen LogP contribution in [0, 0.1) is 17.5 Å². The highest BCUT2D eigenvalue weighted by Crippen LogP contribution is 2.33. The van der Waals surface area contributed by atoms with Gasteiger partial charge in [0.1, 0.15) is 17.5 Å². The molecular weight excluding hydrogens is 381 g/mol. The molecule has 0 saturated carbocycles. The molecule has 0 bridgehead atoms. The van der Waals surface area contributed by atoms with E-state index in [9.17, 15) is 8.78 Å². The van der Waals surface area contributed by atoms with Crippen LogP contribution in [0.15, 0.2) is 66.7 Å². The first-order valence-corrected chi connectivity index (χ1v) is 9.32. The summed E-state index contributed by atoms with van der Waals surface area (Å²) in [6.45, 7) is 2.04. The maximum Gasteiger partial charge on any atom is 0.142 e. The van der Waals surface area contributed by atoms with Gasteiger partial charge in [0.2, 0.25) is 0 Å². The molecule has 0 aliphatic heterocycles. The zero-order chi connectivity index (χ0) is 19.8. The highest BCUT2D eigenvalue weighted by atomic mass is 35.5. The van der Waals surface area contributed by atoms with Crippen LogP contribution in [0.4, 0.5) is 13.2 Å². The normalized spacial score (nSPS) is 11.2. The van der Waals surface area contributed by atoms with Crippen molar-refractivity contribution in [2.45, 2.75) is 13.3 Å². The van der Waals surface area contributed by atoms with Gasteiger partial charge in [0.05, 0.1) is 5.02 Å². The Hall–Kier alpha value is -2.78. The molecule has 0 spiro atoms. The molecule has 4 rings (SSSR count). The average Bonchev–Trinajstić information content (AvgIpc) is 2.70. The Morgan fingerprint density at radius 3 is 2.11 bits per heavy atom. The van der Waals surface area contributed by atoms with Gasteiger partial charge in [-0.15, -0.1) is 0 Å². The summed E-state index contributed by atoms with van der Waals surface area (Å²) in [6, 6.07) is 17.7. The smallest absolute Gasteiger partial charge is 0.142 e. The second kappa shape index (κ2) is 7.33. The minimum Gasteiger partial charge on any atom is -0.206 e. The summed E-state index contributed by atoms with van der Waals surface area (Å²) < 4.78 is 43.5. The average molecular weight is 397 g/mol. The predicted octanol–water partition coefficient (Wildman–Crippen LogP) is 7.81. The maximum atomic E-state index is 15.1. The Labute approximate surface area is 166 Å². The molecule has 0 N–H and O–H groups in total. The molecule has 0 saturated heterocycles. The zero-order valence-electron chi connectivity index (χ0n) is 15.1. The summed E-state index contributed by atoms with van der Waals surface area (Å²) in [5, 5.41) is 1.29. The molecule has 28 heavy (non-hydrogen) atoms.